The number of para-hydroxylation sites is 1. The minimum absolute atomic E-state index is 0.0497. The molecule has 1 aliphatic heterocycles. The zero-order valence-corrected chi connectivity index (χ0v) is 13.2. The normalized spacial score (nSPS) is 19.0. The van der Waals surface area contributed by atoms with Crippen LogP contribution in [-0.2, 0) is 0 Å². The van der Waals surface area contributed by atoms with E-state index in [9.17, 15) is 4.79 Å². The van der Waals surface area contributed by atoms with Crippen molar-refractivity contribution in [3.63, 3.8) is 0 Å². The van der Waals surface area contributed by atoms with E-state index in [0.29, 0.717) is 16.9 Å². The summed E-state index contributed by atoms with van der Waals surface area (Å²) in [6.07, 6.45) is 1.62. The van der Waals surface area contributed by atoms with Crippen LogP contribution in [0.25, 0.3) is 6.08 Å². The first kappa shape index (κ1) is 13.5. The minimum atomic E-state index is -0.329. The maximum atomic E-state index is 12.9. The molecule has 4 rings (SSSR count). The van der Waals surface area contributed by atoms with Gasteiger partial charge in [-0.1, -0.05) is 24.3 Å². The molecule has 0 amide bonds. The third-order valence-electron chi connectivity index (χ3n) is 3.56. The highest BCUT2D eigenvalue weighted by atomic mass is 32.1. The Hall–Kier alpha value is -2.17. The van der Waals surface area contributed by atoms with Crippen LogP contribution >= 0.6 is 22.7 Å². The second-order valence-electron chi connectivity index (χ2n) is 4.95. The van der Waals surface area contributed by atoms with Crippen LogP contribution in [0, 0.1) is 0 Å². The molecule has 0 unspecified atom stereocenters. The summed E-state index contributed by atoms with van der Waals surface area (Å²) in [5.74, 6) is 0.711. The van der Waals surface area contributed by atoms with Gasteiger partial charge in [0.1, 0.15) is 5.75 Å². The van der Waals surface area contributed by atoms with E-state index in [-0.39, 0.29) is 11.9 Å². The zero-order valence-electron chi connectivity index (χ0n) is 11.6. The maximum Gasteiger partial charge on any atom is 0.196 e. The lowest BCUT2D eigenvalue weighted by Gasteiger charge is -2.27. The molecule has 0 saturated carbocycles. The average molecular weight is 324 g/mol. The summed E-state index contributed by atoms with van der Waals surface area (Å²) in [5.41, 5.74) is 1.33. The van der Waals surface area contributed by atoms with Crippen LogP contribution < -0.4 is 4.74 Å². The van der Waals surface area contributed by atoms with Crippen LogP contribution in [0.5, 0.6) is 5.75 Å². The highest BCUT2D eigenvalue weighted by molar-refractivity contribution is 7.11. The van der Waals surface area contributed by atoms with E-state index in [1.807, 2.05) is 65.4 Å². The van der Waals surface area contributed by atoms with Crippen LogP contribution in [-0.4, -0.2) is 5.78 Å². The number of rotatable bonds is 2. The van der Waals surface area contributed by atoms with Crippen molar-refractivity contribution in [2.24, 2.45) is 0 Å². The summed E-state index contributed by atoms with van der Waals surface area (Å²) in [4.78, 5) is 15.0. The Labute approximate surface area is 136 Å². The highest BCUT2D eigenvalue weighted by Crippen LogP contribution is 2.40. The molecule has 3 heterocycles. The molecule has 1 aliphatic rings. The van der Waals surface area contributed by atoms with E-state index in [1.54, 1.807) is 22.7 Å². The van der Waals surface area contributed by atoms with Crippen LogP contribution in [0.15, 0.2) is 64.9 Å². The van der Waals surface area contributed by atoms with Crippen molar-refractivity contribution in [1.82, 2.24) is 0 Å². The van der Waals surface area contributed by atoms with Crippen molar-refractivity contribution in [1.29, 1.82) is 0 Å². The fourth-order valence-electron chi connectivity index (χ4n) is 2.54. The smallest absolute Gasteiger partial charge is 0.196 e. The number of benzene rings is 1. The molecule has 0 saturated heterocycles. The Kier molecular flexibility index (Phi) is 3.41. The van der Waals surface area contributed by atoms with Gasteiger partial charge in [-0.2, -0.15) is 0 Å². The van der Waals surface area contributed by atoms with E-state index in [2.05, 4.69) is 0 Å². The summed E-state index contributed by atoms with van der Waals surface area (Å²) < 4.78 is 6.13. The van der Waals surface area contributed by atoms with Gasteiger partial charge in [0.2, 0.25) is 0 Å². The highest BCUT2D eigenvalue weighted by Gasteiger charge is 2.33. The van der Waals surface area contributed by atoms with E-state index in [1.165, 1.54) is 0 Å². The van der Waals surface area contributed by atoms with Gasteiger partial charge in [0, 0.05) is 15.3 Å². The first-order valence-electron chi connectivity index (χ1n) is 6.92. The van der Waals surface area contributed by atoms with E-state index in [4.69, 9.17) is 4.74 Å². The molecule has 4 heteroatoms. The standard InChI is InChI=1S/C18H12O2S2/c19-17-13-6-1-2-7-15(13)20-18(16-8-4-10-22-16)14(17)11-12-5-3-9-21-12/h1-11,18H/b14-11-/t18-/m0/s1. The van der Waals surface area contributed by atoms with Crippen molar-refractivity contribution in [2.45, 2.75) is 6.10 Å². The first-order chi connectivity index (χ1) is 10.8. The van der Waals surface area contributed by atoms with Gasteiger partial charge in [-0.15, -0.1) is 22.7 Å². The topological polar surface area (TPSA) is 26.3 Å². The van der Waals surface area contributed by atoms with Gasteiger partial charge >= 0.3 is 0 Å². The predicted molar refractivity (Wildman–Crippen MR) is 90.8 cm³/mol. The van der Waals surface area contributed by atoms with E-state index >= 15 is 0 Å². The Morgan fingerprint density at radius 3 is 2.55 bits per heavy atom. The molecule has 22 heavy (non-hydrogen) atoms. The molecule has 0 spiro atoms. The minimum Gasteiger partial charge on any atom is -0.479 e. The van der Waals surface area contributed by atoms with Crippen molar-refractivity contribution in [3.8, 4) is 5.75 Å². The molecule has 0 bridgehead atoms. The van der Waals surface area contributed by atoms with Crippen LogP contribution in [0.1, 0.15) is 26.2 Å². The number of hydrogen-bond donors (Lipinski definition) is 0. The number of Topliss-reactive ketones (excluding diaryl/α,β-unsaturated/α-hetero) is 1. The number of ether oxygens (including phenoxy) is 1. The van der Waals surface area contributed by atoms with Gasteiger partial charge in [0.25, 0.3) is 0 Å². The molecule has 2 aromatic heterocycles. The third-order valence-corrected chi connectivity index (χ3v) is 5.30. The number of carbonyl (C=O) groups excluding carboxylic acids is 1. The summed E-state index contributed by atoms with van der Waals surface area (Å²) in [6.45, 7) is 0. The van der Waals surface area contributed by atoms with Crippen molar-refractivity contribution in [2.75, 3.05) is 0 Å². The Morgan fingerprint density at radius 2 is 1.77 bits per heavy atom. The van der Waals surface area contributed by atoms with Crippen LogP contribution in [0.2, 0.25) is 0 Å². The fourth-order valence-corrected chi connectivity index (χ4v) is 3.98. The number of fused-ring (bicyclic) bond motifs is 1. The largest absolute Gasteiger partial charge is 0.479 e. The Bertz CT molecular complexity index is 830. The number of carbonyl (C=O) groups is 1. The van der Waals surface area contributed by atoms with Gasteiger partial charge in [-0.3, -0.25) is 4.79 Å². The molecular weight excluding hydrogens is 312 g/mol. The molecule has 0 N–H and O–H groups in total. The zero-order chi connectivity index (χ0) is 14.9. The van der Waals surface area contributed by atoms with Crippen molar-refractivity contribution in [3.05, 3.63) is 80.2 Å². The van der Waals surface area contributed by atoms with Gasteiger partial charge in [-0.05, 0) is 41.1 Å². The fraction of sp³-hybridized carbons (Fsp3) is 0.0556. The summed E-state index contributed by atoms with van der Waals surface area (Å²) in [5, 5.41) is 4.01. The Morgan fingerprint density at radius 1 is 0.955 bits per heavy atom. The van der Waals surface area contributed by atoms with Crippen LogP contribution in [0.3, 0.4) is 0 Å². The number of hydrogen-bond acceptors (Lipinski definition) is 4. The molecule has 108 valence electrons. The van der Waals surface area contributed by atoms with Crippen molar-refractivity contribution >= 4 is 34.5 Å². The number of ketones is 1. The monoisotopic (exact) mass is 324 g/mol. The maximum absolute atomic E-state index is 12.9. The second-order valence-corrected chi connectivity index (χ2v) is 6.91. The van der Waals surface area contributed by atoms with E-state index in [0.717, 1.165) is 9.75 Å². The predicted octanol–water partition coefficient (Wildman–Crippen LogP) is 5.21. The second kappa shape index (κ2) is 5.55. The summed E-state index contributed by atoms with van der Waals surface area (Å²) >= 11 is 3.23. The molecule has 0 radical (unpaired) electrons. The lowest BCUT2D eigenvalue weighted by molar-refractivity contribution is 0.0965. The molecule has 3 aromatic rings. The molecule has 1 aromatic carbocycles. The van der Waals surface area contributed by atoms with Crippen molar-refractivity contribution < 1.29 is 9.53 Å². The lowest BCUT2D eigenvalue weighted by atomic mass is 9.93. The summed E-state index contributed by atoms with van der Waals surface area (Å²) in [6, 6.07) is 15.4. The first-order valence-corrected chi connectivity index (χ1v) is 8.68. The average Bonchev–Trinajstić information content (AvgIpc) is 3.23. The third kappa shape index (κ3) is 2.30. The quantitative estimate of drug-likeness (QED) is 0.605. The number of thiophene rings is 2. The molecule has 0 aliphatic carbocycles. The molecule has 1 atom stereocenters. The molecule has 0 fully saturated rings. The summed E-state index contributed by atoms with van der Waals surface area (Å²) in [7, 11) is 0. The van der Waals surface area contributed by atoms with Gasteiger partial charge in [0.15, 0.2) is 11.9 Å². The van der Waals surface area contributed by atoms with Crippen LogP contribution in [0.4, 0.5) is 0 Å². The van der Waals surface area contributed by atoms with Gasteiger partial charge in [-0.25, -0.2) is 0 Å². The SMILES string of the molecule is O=C1/C(=C/c2cccs2)[C@@H](c2cccs2)Oc2ccccc21. The van der Waals surface area contributed by atoms with Gasteiger partial charge in [0.05, 0.1) is 5.56 Å². The Balaban J connectivity index is 1.87. The molecular formula is C18H12O2S2. The molecule has 2 nitrogen and oxygen atoms in total. The van der Waals surface area contributed by atoms with E-state index < -0.39 is 0 Å². The van der Waals surface area contributed by atoms with Gasteiger partial charge < -0.3 is 4.74 Å². The lowest BCUT2D eigenvalue weighted by Crippen LogP contribution is -2.23.